The van der Waals surface area contributed by atoms with Crippen LogP contribution >= 0.6 is 0 Å². The third kappa shape index (κ3) is 3.71. The summed E-state index contributed by atoms with van der Waals surface area (Å²) in [6.07, 6.45) is 1.63. The SMILES string of the molecule is COc1cccc(C2(O)CCCN(Cc3cccc(F)c3)C2)c1. The Hall–Kier alpha value is -1.91. The van der Waals surface area contributed by atoms with Gasteiger partial charge in [0.1, 0.15) is 17.2 Å². The van der Waals surface area contributed by atoms with Crippen molar-refractivity contribution in [3.63, 3.8) is 0 Å². The number of halogens is 1. The van der Waals surface area contributed by atoms with Gasteiger partial charge in [-0.15, -0.1) is 0 Å². The molecule has 0 spiro atoms. The highest BCUT2D eigenvalue weighted by Crippen LogP contribution is 2.33. The summed E-state index contributed by atoms with van der Waals surface area (Å²) in [7, 11) is 1.63. The van der Waals surface area contributed by atoms with Gasteiger partial charge in [-0.2, -0.15) is 0 Å². The summed E-state index contributed by atoms with van der Waals surface area (Å²) in [6.45, 7) is 2.09. The lowest BCUT2D eigenvalue weighted by molar-refractivity contribution is -0.0382. The van der Waals surface area contributed by atoms with Gasteiger partial charge in [0.25, 0.3) is 0 Å². The van der Waals surface area contributed by atoms with Gasteiger partial charge in [-0.05, 0) is 54.8 Å². The van der Waals surface area contributed by atoms with Crippen LogP contribution < -0.4 is 4.74 Å². The molecule has 1 atom stereocenters. The van der Waals surface area contributed by atoms with E-state index < -0.39 is 5.60 Å². The van der Waals surface area contributed by atoms with Crippen LogP contribution in [0.4, 0.5) is 4.39 Å². The van der Waals surface area contributed by atoms with E-state index in [-0.39, 0.29) is 5.82 Å². The van der Waals surface area contributed by atoms with Gasteiger partial charge in [0.2, 0.25) is 0 Å². The lowest BCUT2D eigenvalue weighted by Crippen LogP contribution is -2.45. The summed E-state index contributed by atoms with van der Waals surface area (Å²) < 4.78 is 18.6. The van der Waals surface area contributed by atoms with E-state index >= 15 is 0 Å². The maximum Gasteiger partial charge on any atom is 0.123 e. The molecule has 1 aliphatic heterocycles. The van der Waals surface area contributed by atoms with Crippen molar-refractivity contribution >= 4 is 0 Å². The Bertz CT molecular complexity index is 676. The van der Waals surface area contributed by atoms with Crippen molar-refractivity contribution < 1.29 is 14.2 Å². The quantitative estimate of drug-likeness (QED) is 0.939. The summed E-state index contributed by atoms with van der Waals surface area (Å²) in [4.78, 5) is 2.18. The van der Waals surface area contributed by atoms with Crippen molar-refractivity contribution in [3.8, 4) is 5.75 Å². The first-order valence-corrected chi connectivity index (χ1v) is 7.93. The first-order chi connectivity index (χ1) is 11.1. The number of hydrogen-bond donors (Lipinski definition) is 1. The van der Waals surface area contributed by atoms with Crippen molar-refractivity contribution in [2.75, 3.05) is 20.2 Å². The highest BCUT2D eigenvalue weighted by Gasteiger charge is 2.35. The number of aliphatic hydroxyl groups is 1. The first-order valence-electron chi connectivity index (χ1n) is 7.93. The number of hydrogen-bond acceptors (Lipinski definition) is 3. The van der Waals surface area contributed by atoms with Crippen molar-refractivity contribution in [2.45, 2.75) is 25.0 Å². The Balaban J connectivity index is 1.76. The van der Waals surface area contributed by atoms with E-state index in [1.165, 1.54) is 6.07 Å². The Kier molecular flexibility index (Phi) is 4.64. The molecule has 0 amide bonds. The van der Waals surface area contributed by atoms with Gasteiger partial charge in [0.05, 0.1) is 7.11 Å². The number of ether oxygens (including phenoxy) is 1. The van der Waals surface area contributed by atoms with Crippen molar-refractivity contribution in [3.05, 3.63) is 65.5 Å². The molecule has 3 nitrogen and oxygen atoms in total. The van der Waals surface area contributed by atoms with Crippen LogP contribution in [-0.2, 0) is 12.1 Å². The number of piperidine rings is 1. The monoisotopic (exact) mass is 315 g/mol. The summed E-state index contributed by atoms with van der Waals surface area (Å²) in [5, 5.41) is 11.1. The Morgan fingerprint density at radius 2 is 2.04 bits per heavy atom. The summed E-state index contributed by atoms with van der Waals surface area (Å²) in [5.41, 5.74) is 0.917. The van der Waals surface area contributed by atoms with Crippen molar-refractivity contribution in [1.82, 2.24) is 4.90 Å². The van der Waals surface area contributed by atoms with E-state index in [1.54, 1.807) is 19.2 Å². The Morgan fingerprint density at radius 3 is 2.83 bits per heavy atom. The molecule has 122 valence electrons. The number of methoxy groups -OCH3 is 1. The normalized spacial score (nSPS) is 22.0. The first kappa shape index (κ1) is 16.0. The van der Waals surface area contributed by atoms with E-state index in [9.17, 15) is 9.50 Å². The van der Waals surface area contributed by atoms with Gasteiger partial charge in [0, 0.05) is 13.1 Å². The predicted octanol–water partition coefficient (Wildman–Crippen LogP) is 3.32. The Labute approximate surface area is 136 Å². The molecule has 0 radical (unpaired) electrons. The molecule has 23 heavy (non-hydrogen) atoms. The van der Waals surface area contributed by atoms with Gasteiger partial charge in [-0.25, -0.2) is 4.39 Å². The largest absolute Gasteiger partial charge is 0.497 e. The molecule has 0 saturated carbocycles. The molecule has 2 aromatic carbocycles. The predicted molar refractivity (Wildman–Crippen MR) is 87.8 cm³/mol. The molecule has 0 aliphatic carbocycles. The van der Waals surface area contributed by atoms with Crippen LogP contribution in [-0.4, -0.2) is 30.2 Å². The zero-order valence-corrected chi connectivity index (χ0v) is 13.3. The van der Waals surface area contributed by atoms with Crippen molar-refractivity contribution in [2.24, 2.45) is 0 Å². The highest BCUT2D eigenvalue weighted by molar-refractivity contribution is 5.33. The molecule has 3 rings (SSSR count). The van der Waals surface area contributed by atoms with Gasteiger partial charge in [-0.3, -0.25) is 4.90 Å². The van der Waals surface area contributed by atoms with Gasteiger partial charge in [-0.1, -0.05) is 24.3 Å². The standard InChI is InChI=1S/C19H22FNO2/c1-23-18-8-3-6-16(12-18)19(22)9-4-10-21(14-19)13-15-5-2-7-17(20)11-15/h2-3,5-8,11-12,22H,4,9-10,13-14H2,1H3. The maximum absolute atomic E-state index is 13.3. The third-order valence-corrected chi connectivity index (χ3v) is 4.45. The number of nitrogens with zero attached hydrogens (tertiary/aromatic N) is 1. The molecule has 0 bridgehead atoms. The van der Waals surface area contributed by atoms with E-state index in [1.807, 2.05) is 30.3 Å². The van der Waals surface area contributed by atoms with Gasteiger partial charge in [0.15, 0.2) is 0 Å². The molecule has 1 heterocycles. The molecule has 1 aliphatic rings. The fraction of sp³-hybridized carbons (Fsp3) is 0.368. The summed E-state index contributed by atoms with van der Waals surface area (Å²) in [5.74, 6) is 0.528. The second kappa shape index (κ2) is 6.69. The van der Waals surface area contributed by atoms with Crippen LogP contribution in [0.25, 0.3) is 0 Å². The Morgan fingerprint density at radius 1 is 1.22 bits per heavy atom. The third-order valence-electron chi connectivity index (χ3n) is 4.45. The summed E-state index contributed by atoms with van der Waals surface area (Å²) >= 11 is 0. The van der Waals surface area contributed by atoms with Gasteiger partial charge >= 0.3 is 0 Å². The molecular weight excluding hydrogens is 293 g/mol. The molecule has 0 aromatic heterocycles. The fourth-order valence-corrected chi connectivity index (χ4v) is 3.30. The van der Waals surface area contributed by atoms with Gasteiger partial charge < -0.3 is 9.84 Å². The lowest BCUT2D eigenvalue weighted by Gasteiger charge is -2.39. The lowest BCUT2D eigenvalue weighted by atomic mass is 9.85. The minimum absolute atomic E-state index is 0.220. The van der Waals surface area contributed by atoms with Crippen LogP contribution in [0.5, 0.6) is 5.75 Å². The molecule has 1 unspecified atom stereocenters. The number of likely N-dealkylation sites (tertiary alicyclic amines) is 1. The minimum atomic E-state index is -0.889. The smallest absolute Gasteiger partial charge is 0.123 e. The topological polar surface area (TPSA) is 32.7 Å². The molecule has 1 saturated heterocycles. The van der Waals surface area contributed by atoms with E-state index in [0.29, 0.717) is 13.1 Å². The van der Waals surface area contributed by atoms with E-state index in [4.69, 9.17) is 4.74 Å². The van der Waals surface area contributed by atoms with Crippen LogP contribution in [0, 0.1) is 5.82 Å². The molecule has 1 fully saturated rings. The molecule has 1 N–H and O–H groups in total. The zero-order valence-electron chi connectivity index (χ0n) is 13.3. The average molecular weight is 315 g/mol. The molecule has 4 heteroatoms. The second-order valence-electron chi connectivity index (χ2n) is 6.21. The van der Waals surface area contributed by atoms with Crippen LogP contribution in [0.3, 0.4) is 0 Å². The summed E-state index contributed by atoms with van der Waals surface area (Å²) in [6, 6.07) is 14.3. The van der Waals surface area contributed by atoms with E-state index in [2.05, 4.69) is 4.90 Å². The fourth-order valence-electron chi connectivity index (χ4n) is 3.30. The van der Waals surface area contributed by atoms with Crippen LogP contribution in [0.15, 0.2) is 48.5 Å². The highest BCUT2D eigenvalue weighted by atomic mass is 19.1. The van der Waals surface area contributed by atoms with E-state index in [0.717, 1.165) is 36.3 Å². The number of rotatable bonds is 4. The van der Waals surface area contributed by atoms with Crippen LogP contribution in [0.1, 0.15) is 24.0 Å². The van der Waals surface area contributed by atoms with Crippen molar-refractivity contribution in [1.29, 1.82) is 0 Å². The second-order valence-corrected chi connectivity index (χ2v) is 6.21. The minimum Gasteiger partial charge on any atom is -0.497 e. The molecular formula is C19H22FNO2. The number of β-amino-alcohol motifs (C(OH)–C–C–N with tert-alkyl or cyclic N) is 1. The number of benzene rings is 2. The maximum atomic E-state index is 13.3. The zero-order chi connectivity index (χ0) is 16.3. The molecule has 2 aromatic rings. The van der Waals surface area contributed by atoms with Crippen LogP contribution in [0.2, 0.25) is 0 Å². The average Bonchev–Trinajstić information content (AvgIpc) is 2.55.